The van der Waals surface area contributed by atoms with E-state index in [0.717, 1.165) is 18.7 Å². The molecule has 1 aliphatic heterocycles. The number of benzene rings is 1. The summed E-state index contributed by atoms with van der Waals surface area (Å²) in [5.41, 5.74) is 1.31. The van der Waals surface area contributed by atoms with Crippen molar-refractivity contribution in [2.45, 2.75) is 51.1 Å². The van der Waals surface area contributed by atoms with Crippen LogP contribution in [-0.4, -0.2) is 29.7 Å². The van der Waals surface area contributed by atoms with Crippen LogP contribution in [0.2, 0.25) is 0 Å². The van der Waals surface area contributed by atoms with E-state index in [-0.39, 0.29) is 0 Å². The van der Waals surface area contributed by atoms with Crippen molar-refractivity contribution in [2.75, 3.05) is 11.9 Å². The van der Waals surface area contributed by atoms with E-state index in [1.165, 1.54) is 25.7 Å². The van der Waals surface area contributed by atoms with Crippen molar-refractivity contribution < 1.29 is 9.90 Å². The van der Waals surface area contributed by atoms with Crippen LogP contribution in [0.4, 0.5) is 5.69 Å². The van der Waals surface area contributed by atoms with Gasteiger partial charge in [0.2, 0.25) is 0 Å². The molecule has 4 heteroatoms. The second-order valence-electron chi connectivity index (χ2n) is 5.66. The Labute approximate surface area is 120 Å². The van der Waals surface area contributed by atoms with Crippen molar-refractivity contribution >= 4 is 11.7 Å². The van der Waals surface area contributed by atoms with Gasteiger partial charge in [-0.15, -0.1) is 0 Å². The van der Waals surface area contributed by atoms with Crippen LogP contribution in [0.5, 0.6) is 0 Å². The number of hydrogen-bond acceptors (Lipinski definition) is 3. The third-order valence-corrected chi connectivity index (χ3v) is 3.85. The average molecular weight is 276 g/mol. The Bertz CT molecular complexity index is 423. The van der Waals surface area contributed by atoms with Gasteiger partial charge in [0.15, 0.2) is 0 Å². The molecule has 0 aromatic heterocycles. The Morgan fingerprint density at radius 3 is 2.80 bits per heavy atom. The molecule has 0 saturated carbocycles. The molecule has 1 aromatic rings. The number of carbonyl (C=O) groups is 1. The number of hydrogen-bond donors (Lipinski definition) is 3. The quantitative estimate of drug-likeness (QED) is 0.773. The summed E-state index contributed by atoms with van der Waals surface area (Å²) < 4.78 is 0. The Hall–Kier alpha value is -1.55. The third kappa shape index (κ3) is 4.53. The van der Waals surface area contributed by atoms with Crippen LogP contribution >= 0.6 is 0 Å². The number of nitrogens with one attached hydrogen (secondary N) is 2. The van der Waals surface area contributed by atoms with Crippen molar-refractivity contribution in [3.63, 3.8) is 0 Å². The Morgan fingerprint density at radius 2 is 2.10 bits per heavy atom. The Balaban J connectivity index is 1.83. The molecule has 1 saturated heterocycles. The first-order valence-corrected chi connectivity index (χ1v) is 7.48. The largest absolute Gasteiger partial charge is 0.478 e. The van der Waals surface area contributed by atoms with E-state index in [1.54, 1.807) is 12.1 Å². The zero-order valence-electron chi connectivity index (χ0n) is 12.1. The molecule has 2 rings (SSSR count). The standard InChI is InChI=1S/C16H24N2O2/c1-12(11-15-5-3-2-4-10-17-15)18-14-8-6-13(7-9-14)16(19)20/h6-9,12,15,17-18H,2-5,10-11H2,1H3,(H,19,20). The van der Waals surface area contributed by atoms with Gasteiger partial charge in [-0.2, -0.15) is 0 Å². The normalized spacial score (nSPS) is 20.9. The van der Waals surface area contributed by atoms with E-state index in [9.17, 15) is 4.79 Å². The molecule has 1 heterocycles. The van der Waals surface area contributed by atoms with Crippen LogP contribution in [-0.2, 0) is 0 Å². The van der Waals surface area contributed by atoms with Gasteiger partial charge in [0, 0.05) is 17.8 Å². The van der Waals surface area contributed by atoms with Crippen LogP contribution in [0, 0.1) is 0 Å². The van der Waals surface area contributed by atoms with Gasteiger partial charge in [0.1, 0.15) is 0 Å². The molecule has 0 amide bonds. The maximum absolute atomic E-state index is 10.8. The number of aromatic carboxylic acids is 1. The Morgan fingerprint density at radius 1 is 1.35 bits per heavy atom. The summed E-state index contributed by atoms with van der Waals surface area (Å²) in [6.45, 7) is 3.31. The fourth-order valence-electron chi connectivity index (χ4n) is 2.78. The molecule has 110 valence electrons. The first-order valence-electron chi connectivity index (χ1n) is 7.48. The fourth-order valence-corrected chi connectivity index (χ4v) is 2.78. The van der Waals surface area contributed by atoms with E-state index in [0.29, 0.717) is 17.6 Å². The minimum Gasteiger partial charge on any atom is -0.478 e. The second kappa shape index (κ2) is 7.29. The lowest BCUT2D eigenvalue weighted by atomic mass is 10.0. The first kappa shape index (κ1) is 14.9. The average Bonchev–Trinajstić information content (AvgIpc) is 2.68. The Kier molecular flexibility index (Phi) is 5.41. The van der Waals surface area contributed by atoms with Crippen molar-refractivity contribution in [2.24, 2.45) is 0 Å². The molecule has 1 aromatic carbocycles. The minimum absolute atomic E-state index is 0.327. The molecule has 4 nitrogen and oxygen atoms in total. The van der Waals surface area contributed by atoms with Crippen LogP contribution in [0.25, 0.3) is 0 Å². The number of anilines is 1. The predicted octanol–water partition coefficient (Wildman–Crippen LogP) is 3.11. The zero-order valence-corrected chi connectivity index (χ0v) is 12.1. The second-order valence-corrected chi connectivity index (χ2v) is 5.66. The molecule has 0 bridgehead atoms. The van der Waals surface area contributed by atoms with Gasteiger partial charge >= 0.3 is 5.97 Å². The summed E-state index contributed by atoms with van der Waals surface area (Å²) in [5, 5.41) is 15.9. The molecule has 20 heavy (non-hydrogen) atoms. The molecule has 0 radical (unpaired) electrons. The van der Waals surface area contributed by atoms with Crippen LogP contribution < -0.4 is 10.6 Å². The molecular formula is C16H24N2O2. The van der Waals surface area contributed by atoms with Crippen molar-refractivity contribution in [3.8, 4) is 0 Å². The van der Waals surface area contributed by atoms with Gasteiger partial charge < -0.3 is 15.7 Å². The van der Waals surface area contributed by atoms with Crippen molar-refractivity contribution in [3.05, 3.63) is 29.8 Å². The first-order chi connectivity index (χ1) is 9.65. The number of carboxylic acids is 1. The van der Waals surface area contributed by atoms with E-state index >= 15 is 0 Å². The summed E-state index contributed by atoms with van der Waals surface area (Å²) in [7, 11) is 0. The summed E-state index contributed by atoms with van der Waals surface area (Å²) in [4.78, 5) is 10.8. The van der Waals surface area contributed by atoms with Gasteiger partial charge in [0.25, 0.3) is 0 Å². The van der Waals surface area contributed by atoms with E-state index in [2.05, 4.69) is 17.6 Å². The monoisotopic (exact) mass is 276 g/mol. The number of carboxylic acid groups (broad SMARTS) is 1. The number of rotatable bonds is 5. The van der Waals surface area contributed by atoms with Crippen LogP contribution in [0.15, 0.2) is 24.3 Å². The molecule has 3 N–H and O–H groups in total. The summed E-state index contributed by atoms with van der Waals surface area (Å²) in [6, 6.07) is 7.92. The highest BCUT2D eigenvalue weighted by atomic mass is 16.4. The SMILES string of the molecule is CC(CC1CCCCCN1)Nc1ccc(C(=O)O)cc1. The predicted molar refractivity (Wildman–Crippen MR) is 81.4 cm³/mol. The van der Waals surface area contributed by atoms with Gasteiger partial charge in [-0.05, 0) is 57.0 Å². The molecule has 1 fully saturated rings. The highest BCUT2D eigenvalue weighted by molar-refractivity contribution is 5.87. The van der Waals surface area contributed by atoms with E-state index in [4.69, 9.17) is 5.11 Å². The topological polar surface area (TPSA) is 61.4 Å². The maximum Gasteiger partial charge on any atom is 0.335 e. The highest BCUT2D eigenvalue weighted by Gasteiger charge is 2.14. The molecular weight excluding hydrogens is 252 g/mol. The lowest BCUT2D eigenvalue weighted by Crippen LogP contribution is -2.33. The summed E-state index contributed by atoms with van der Waals surface area (Å²) in [6.07, 6.45) is 6.29. The maximum atomic E-state index is 10.8. The van der Waals surface area contributed by atoms with Crippen LogP contribution in [0.1, 0.15) is 49.4 Å². The fraction of sp³-hybridized carbons (Fsp3) is 0.562. The van der Waals surface area contributed by atoms with Crippen molar-refractivity contribution in [1.29, 1.82) is 0 Å². The summed E-state index contributed by atoms with van der Waals surface area (Å²) in [5.74, 6) is -0.882. The summed E-state index contributed by atoms with van der Waals surface area (Å²) >= 11 is 0. The van der Waals surface area contributed by atoms with Gasteiger partial charge in [-0.1, -0.05) is 12.8 Å². The molecule has 2 atom stereocenters. The molecule has 1 aliphatic rings. The lowest BCUT2D eigenvalue weighted by molar-refractivity contribution is 0.0697. The van der Waals surface area contributed by atoms with Crippen molar-refractivity contribution in [1.82, 2.24) is 5.32 Å². The molecule has 2 unspecified atom stereocenters. The smallest absolute Gasteiger partial charge is 0.335 e. The highest BCUT2D eigenvalue weighted by Crippen LogP contribution is 2.16. The molecule has 0 spiro atoms. The minimum atomic E-state index is -0.882. The van der Waals surface area contributed by atoms with E-state index < -0.39 is 5.97 Å². The van der Waals surface area contributed by atoms with Gasteiger partial charge in [-0.3, -0.25) is 0 Å². The van der Waals surface area contributed by atoms with Gasteiger partial charge in [-0.25, -0.2) is 4.79 Å². The molecule has 0 aliphatic carbocycles. The third-order valence-electron chi connectivity index (χ3n) is 3.85. The van der Waals surface area contributed by atoms with Gasteiger partial charge in [0.05, 0.1) is 5.56 Å². The zero-order chi connectivity index (χ0) is 14.4. The lowest BCUT2D eigenvalue weighted by Gasteiger charge is -2.22. The van der Waals surface area contributed by atoms with E-state index in [1.807, 2.05) is 12.1 Å². The van der Waals surface area contributed by atoms with Crippen LogP contribution in [0.3, 0.4) is 0 Å².